The number of benzene rings is 1. The molecule has 0 radical (unpaired) electrons. The van der Waals surface area contributed by atoms with E-state index in [9.17, 15) is 33.6 Å². The van der Waals surface area contributed by atoms with Crippen LogP contribution in [-0.2, 0) is 59.1 Å². The second-order valence-corrected chi connectivity index (χ2v) is 8.58. The number of ether oxygens (including phenoxy) is 5. The minimum atomic E-state index is -1.53. The number of rotatable bonds is 11. The highest BCUT2D eigenvalue weighted by Crippen LogP contribution is 2.26. The van der Waals surface area contributed by atoms with Crippen LogP contribution in [0.15, 0.2) is 30.3 Å². The first-order chi connectivity index (χ1) is 18.9. The molecule has 15 heteroatoms. The molecule has 15 nitrogen and oxygen atoms in total. The molecule has 1 aromatic rings. The number of esters is 3. The van der Waals surface area contributed by atoms with Crippen LogP contribution < -0.4 is 16.0 Å². The van der Waals surface area contributed by atoms with Gasteiger partial charge in [0.15, 0.2) is 18.4 Å². The predicted molar refractivity (Wildman–Crippen MR) is 132 cm³/mol. The molecule has 3 N–H and O–H groups in total. The first-order valence-electron chi connectivity index (χ1n) is 12.1. The molecule has 3 unspecified atom stereocenters. The van der Waals surface area contributed by atoms with Crippen molar-refractivity contribution >= 4 is 41.6 Å². The van der Waals surface area contributed by atoms with Crippen LogP contribution in [0.2, 0.25) is 0 Å². The molecular weight excluding hydrogens is 534 g/mol. The zero-order valence-corrected chi connectivity index (χ0v) is 22.3. The van der Waals surface area contributed by atoms with Gasteiger partial charge in [0.2, 0.25) is 11.7 Å². The van der Waals surface area contributed by atoms with Gasteiger partial charge in [-0.3, -0.25) is 28.8 Å². The van der Waals surface area contributed by atoms with Crippen LogP contribution in [0.25, 0.3) is 0 Å². The molecule has 218 valence electrons. The number of alkyl carbamates (subject to hydrolysis) is 1. The smallest absolute Gasteiger partial charge is 0.407 e. The molecule has 1 heterocycles. The molecule has 0 spiro atoms. The fourth-order valence-electron chi connectivity index (χ4n) is 3.67. The van der Waals surface area contributed by atoms with Crippen LogP contribution in [-0.4, -0.2) is 85.3 Å². The number of ketones is 1. The number of Topliss-reactive ketones (excluding diaryl/α,β-unsaturated/α-hetero) is 1. The molecule has 0 bridgehead atoms. The molecule has 3 amide bonds. The normalized spacial score (nSPS) is 21.6. The highest BCUT2D eigenvalue weighted by atomic mass is 16.6. The summed E-state index contributed by atoms with van der Waals surface area (Å²) < 4.78 is 26.3. The van der Waals surface area contributed by atoms with Gasteiger partial charge in [-0.05, 0) is 5.56 Å². The Morgan fingerprint density at radius 3 is 2.00 bits per heavy atom. The van der Waals surface area contributed by atoms with E-state index in [1.54, 1.807) is 30.3 Å². The Morgan fingerprint density at radius 1 is 0.800 bits per heavy atom. The van der Waals surface area contributed by atoms with Gasteiger partial charge < -0.3 is 39.6 Å². The standard InChI is InChI=1S/C25H31N3O12/c1-13(29)27-20-22(39-16(4)32)21(38-15(3)31)19(12-36-14(2)30)40-24(20)28-23(34)18(33)10-26-25(35)37-11-17-8-6-5-7-9-17/h5-9,19-22,24H,10-12H2,1-4H3,(H,26,35)(H,27,29)(H,28,34)/t19?,20?,21-,22?,24-/m1/s1. The summed E-state index contributed by atoms with van der Waals surface area (Å²) in [5.74, 6) is -5.32. The molecule has 1 fully saturated rings. The van der Waals surface area contributed by atoms with Gasteiger partial charge in [-0.1, -0.05) is 30.3 Å². The first-order valence-corrected chi connectivity index (χ1v) is 12.1. The average molecular weight is 566 g/mol. The Morgan fingerprint density at radius 2 is 1.43 bits per heavy atom. The van der Waals surface area contributed by atoms with E-state index in [-0.39, 0.29) is 6.61 Å². The summed E-state index contributed by atoms with van der Waals surface area (Å²) in [6.07, 6.45) is -6.56. The molecule has 5 atom stereocenters. The Bertz CT molecular complexity index is 1110. The summed E-state index contributed by atoms with van der Waals surface area (Å²) in [5.41, 5.74) is 0.706. The summed E-state index contributed by atoms with van der Waals surface area (Å²) in [6, 6.07) is 7.40. The zero-order valence-electron chi connectivity index (χ0n) is 22.3. The van der Waals surface area contributed by atoms with E-state index in [0.717, 1.165) is 27.7 Å². The van der Waals surface area contributed by atoms with Crippen molar-refractivity contribution in [2.45, 2.75) is 64.9 Å². The largest absolute Gasteiger partial charge is 0.463 e. The minimum Gasteiger partial charge on any atom is -0.463 e. The van der Waals surface area contributed by atoms with E-state index < -0.39 is 85.3 Å². The number of hydrogen-bond acceptors (Lipinski definition) is 12. The van der Waals surface area contributed by atoms with E-state index in [4.69, 9.17) is 23.7 Å². The van der Waals surface area contributed by atoms with Crippen molar-refractivity contribution in [3.05, 3.63) is 35.9 Å². The van der Waals surface area contributed by atoms with Crippen molar-refractivity contribution in [2.75, 3.05) is 13.2 Å². The number of amides is 3. The second kappa shape index (κ2) is 15.2. The lowest BCUT2D eigenvalue weighted by atomic mass is 9.95. The van der Waals surface area contributed by atoms with E-state index in [2.05, 4.69) is 16.0 Å². The van der Waals surface area contributed by atoms with E-state index in [1.807, 2.05) is 0 Å². The van der Waals surface area contributed by atoms with Gasteiger partial charge in [0.05, 0.1) is 6.54 Å². The maximum absolute atomic E-state index is 12.7. The highest BCUT2D eigenvalue weighted by molar-refractivity contribution is 6.37. The minimum absolute atomic E-state index is 0.0634. The average Bonchev–Trinajstić information content (AvgIpc) is 2.88. The molecule has 1 aromatic carbocycles. The van der Waals surface area contributed by atoms with Crippen molar-refractivity contribution in [1.82, 2.24) is 16.0 Å². The molecule has 0 aliphatic carbocycles. The van der Waals surface area contributed by atoms with Gasteiger partial charge in [-0.15, -0.1) is 0 Å². The maximum atomic E-state index is 12.7. The Hall–Kier alpha value is -4.53. The first kappa shape index (κ1) is 31.7. The van der Waals surface area contributed by atoms with Crippen LogP contribution in [0.5, 0.6) is 0 Å². The molecule has 40 heavy (non-hydrogen) atoms. The van der Waals surface area contributed by atoms with Crippen LogP contribution in [0.4, 0.5) is 4.79 Å². The number of nitrogens with one attached hydrogen (secondary N) is 3. The highest BCUT2D eigenvalue weighted by Gasteiger charge is 2.51. The monoisotopic (exact) mass is 565 g/mol. The third-order valence-electron chi connectivity index (χ3n) is 5.25. The summed E-state index contributed by atoms with van der Waals surface area (Å²) in [5, 5.41) is 6.86. The molecule has 2 rings (SSSR count). The SMILES string of the molecule is CC(=O)NC1C(OC(C)=O)[C@H](OC(C)=O)C(COC(C)=O)O[C@H]1NC(=O)C(=O)CNC(=O)OCc1ccccc1. The third kappa shape index (κ3) is 10.3. The summed E-state index contributed by atoms with van der Waals surface area (Å²) >= 11 is 0. The van der Waals surface area contributed by atoms with Crippen LogP contribution in [0.3, 0.4) is 0 Å². The molecule has 1 aliphatic rings. The van der Waals surface area contributed by atoms with Gasteiger partial charge in [-0.2, -0.15) is 0 Å². The Balaban J connectivity index is 2.16. The van der Waals surface area contributed by atoms with Crippen LogP contribution >= 0.6 is 0 Å². The number of hydrogen-bond donors (Lipinski definition) is 3. The van der Waals surface area contributed by atoms with Crippen molar-refractivity contribution < 1.29 is 57.2 Å². The fraction of sp³-hybridized carbons (Fsp3) is 0.480. The molecule has 1 aliphatic heterocycles. The summed E-state index contributed by atoms with van der Waals surface area (Å²) in [4.78, 5) is 84.1. The van der Waals surface area contributed by atoms with Gasteiger partial charge in [0.25, 0.3) is 5.91 Å². The van der Waals surface area contributed by atoms with E-state index >= 15 is 0 Å². The van der Waals surface area contributed by atoms with Crippen molar-refractivity contribution in [1.29, 1.82) is 0 Å². The van der Waals surface area contributed by atoms with Crippen molar-refractivity contribution in [2.24, 2.45) is 0 Å². The second-order valence-electron chi connectivity index (χ2n) is 8.58. The fourth-order valence-corrected chi connectivity index (χ4v) is 3.67. The Labute approximate surface area is 229 Å². The maximum Gasteiger partial charge on any atom is 0.407 e. The third-order valence-corrected chi connectivity index (χ3v) is 5.25. The topological polar surface area (TPSA) is 202 Å². The van der Waals surface area contributed by atoms with Crippen LogP contribution in [0.1, 0.15) is 33.3 Å². The summed E-state index contributed by atoms with van der Waals surface area (Å²) in [7, 11) is 0. The number of carbonyl (C=O) groups excluding carboxylic acids is 7. The van der Waals surface area contributed by atoms with Gasteiger partial charge in [0.1, 0.15) is 25.4 Å². The van der Waals surface area contributed by atoms with Crippen molar-refractivity contribution in [3.8, 4) is 0 Å². The van der Waals surface area contributed by atoms with Crippen molar-refractivity contribution in [3.63, 3.8) is 0 Å². The van der Waals surface area contributed by atoms with Gasteiger partial charge >= 0.3 is 24.0 Å². The lowest BCUT2D eigenvalue weighted by Gasteiger charge is -2.45. The lowest BCUT2D eigenvalue weighted by Crippen LogP contribution is -2.70. The summed E-state index contributed by atoms with van der Waals surface area (Å²) in [6.45, 7) is 3.09. The molecule has 0 saturated carbocycles. The van der Waals surface area contributed by atoms with E-state index in [1.165, 1.54) is 0 Å². The quantitative estimate of drug-likeness (QED) is 0.172. The van der Waals surface area contributed by atoms with Gasteiger partial charge in [0, 0.05) is 27.7 Å². The van der Waals surface area contributed by atoms with Gasteiger partial charge in [-0.25, -0.2) is 4.79 Å². The molecule has 1 saturated heterocycles. The number of carbonyl (C=O) groups is 7. The molecule has 0 aromatic heterocycles. The Kier molecular flexibility index (Phi) is 12.0. The van der Waals surface area contributed by atoms with E-state index in [0.29, 0.717) is 5.56 Å². The zero-order chi connectivity index (χ0) is 29.8. The molecular formula is C25H31N3O12. The lowest BCUT2D eigenvalue weighted by molar-refractivity contribution is -0.227. The van der Waals surface area contributed by atoms with Crippen LogP contribution in [0, 0.1) is 0 Å². The predicted octanol–water partition coefficient (Wildman–Crippen LogP) is -0.746.